The van der Waals surface area contributed by atoms with Crippen molar-refractivity contribution in [3.8, 4) is 0 Å². The van der Waals surface area contributed by atoms with E-state index in [1.165, 1.54) is 6.92 Å². The van der Waals surface area contributed by atoms with Gasteiger partial charge in [-0.25, -0.2) is 4.79 Å². The molecule has 2 N–H and O–H groups in total. The van der Waals surface area contributed by atoms with Crippen molar-refractivity contribution in [3.63, 3.8) is 0 Å². The molecule has 0 saturated carbocycles. The lowest BCUT2D eigenvalue weighted by atomic mass is 10.1. The predicted molar refractivity (Wildman–Crippen MR) is 79.8 cm³/mol. The van der Waals surface area contributed by atoms with Crippen LogP contribution in [-0.2, 0) is 11.2 Å². The first-order valence-electron chi connectivity index (χ1n) is 7.34. The Kier molecular flexibility index (Phi) is 5.54. The van der Waals surface area contributed by atoms with Crippen molar-refractivity contribution >= 4 is 11.9 Å². The number of pyridine rings is 1. The van der Waals surface area contributed by atoms with Crippen LogP contribution in [0, 0.1) is 0 Å². The van der Waals surface area contributed by atoms with Gasteiger partial charge in [0.25, 0.3) is 0 Å². The van der Waals surface area contributed by atoms with Crippen LogP contribution in [-0.4, -0.2) is 47.5 Å². The number of nitrogens with one attached hydrogen (secondary N) is 2. The summed E-state index contributed by atoms with van der Waals surface area (Å²) in [7, 11) is 0. The van der Waals surface area contributed by atoms with Crippen LogP contribution in [0.15, 0.2) is 24.5 Å². The van der Waals surface area contributed by atoms with Crippen LogP contribution in [0.5, 0.6) is 0 Å². The molecule has 1 aromatic heterocycles. The number of carbonyl (C=O) groups excluding carboxylic acids is 2. The number of amides is 3. The quantitative estimate of drug-likeness (QED) is 0.866. The van der Waals surface area contributed by atoms with Gasteiger partial charge in [-0.15, -0.1) is 0 Å². The maximum Gasteiger partial charge on any atom is 0.317 e. The molecule has 1 saturated heterocycles. The first-order chi connectivity index (χ1) is 10.1. The maximum absolute atomic E-state index is 12.1. The fourth-order valence-electron chi connectivity index (χ4n) is 2.54. The second-order valence-corrected chi connectivity index (χ2v) is 5.33. The highest BCUT2D eigenvalue weighted by atomic mass is 16.2. The zero-order valence-corrected chi connectivity index (χ0v) is 12.3. The molecule has 114 valence electrons. The largest absolute Gasteiger partial charge is 0.352 e. The Hall–Kier alpha value is -2.11. The van der Waals surface area contributed by atoms with E-state index < -0.39 is 0 Å². The molecule has 6 nitrogen and oxygen atoms in total. The number of piperidine rings is 1. The summed E-state index contributed by atoms with van der Waals surface area (Å²) in [6, 6.07) is 3.89. The third kappa shape index (κ3) is 5.06. The van der Waals surface area contributed by atoms with Crippen LogP contribution in [0.1, 0.15) is 25.3 Å². The van der Waals surface area contributed by atoms with Crippen molar-refractivity contribution in [2.45, 2.75) is 32.2 Å². The van der Waals surface area contributed by atoms with E-state index in [9.17, 15) is 9.59 Å². The van der Waals surface area contributed by atoms with E-state index in [4.69, 9.17) is 0 Å². The highest BCUT2D eigenvalue weighted by Gasteiger charge is 2.23. The fourth-order valence-corrected chi connectivity index (χ4v) is 2.54. The summed E-state index contributed by atoms with van der Waals surface area (Å²) in [5, 5.41) is 5.80. The highest BCUT2D eigenvalue weighted by Crippen LogP contribution is 2.10. The van der Waals surface area contributed by atoms with Crippen LogP contribution in [0.4, 0.5) is 4.79 Å². The van der Waals surface area contributed by atoms with E-state index in [0.717, 1.165) is 31.4 Å². The number of hydrogen-bond acceptors (Lipinski definition) is 3. The number of rotatable bonds is 4. The average molecular weight is 290 g/mol. The lowest BCUT2D eigenvalue weighted by Gasteiger charge is -2.33. The van der Waals surface area contributed by atoms with Gasteiger partial charge in [0.15, 0.2) is 0 Å². The summed E-state index contributed by atoms with van der Waals surface area (Å²) in [5.74, 6) is -0.0427. The van der Waals surface area contributed by atoms with Crippen molar-refractivity contribution in [2.24, 2.45) is 0 Å². The summed E-state index contributed by atoms with van der Waals surface area (Å²) in [4.78, 5) is 29.0. The number of urea groups is 1. The average Bonchev–Trinajstić information content (AvgIpc) is 2.48. The molecule has 2 rings (SSSR count). The van der Waals surface area contributed by atoms with Gasteiger partial charge in [-0.2, -0.15) is 0 Å². The third-order valence-electron chi connectivity index (χ3n) is 3.53. The van der Waals surface area contributed by atoms with Gasteiger partial charge in [-0.3, -0.25) is 9.78 Å². The molecule has 1 atom stereocenters. The zero-order chi connectivity index (χ0) is 15.1. The number of likely N-dealkylation sites (tertiary alicyclic amines) is 1. The standard InChI is InChI=1S/C15H22N4O2/c1-12(20)18-14-5-3-9-19(11-14)15(21)17-8-6-13-4-2-7-16-10-13/h2,4,7,10,14H,3,5-6,8-9,11H2,1H3,(H,17,21)(H,18,20). The SMILES string of the molecule is CC(=O)NC1CCCN(C(=O)NCCc2cccnc2)C1. The van der Waals surface area contributed by atoms with Gasteiger partial charge in [0.2, 0.25) is 5.91 Å². The number of nitrogens with zero attached hydrogens (tertiary/aromatic N) is 2. The van der Waals surface area contributed by atoms with E-state index in [1.54, 1.807) is 17.3 Å². The van der Waals surface area contributed by atoms with Crippen LogP contribution in [0.2, 0.25) is 0 Å². The Balaban J connectivity index is 1.73. The van der Waals surface area contributed by atoms with Gasteiger partial charge >= 0.3 is 6.03 Å². The van der Waals surface area contributed by atoms with Crippen molar-refractivity contribution in [1.82, 2.24) is 20.5 Å². The van der Waals surface area contributed by atoms with Gasteiger partial charge in [0.05, 0.1) is 0 Å². The topological polar surface area (TPSA) is 74.3 Å². The Morgan fingerprint density at radius 2 is 2.33 bits per heavy atom. The number of carbonyl (C=O) groups is 2. The summed E-state index contributed by atoms with van der Waals surface area (Å²) < 4.78 is 0. The number of hydrogen-bond donors (Lipinski definition) is 2. The molecule has 1 aliphatic heterocycles. The van der Waals surface area contributed by atoms with Crippen LogP contribution in [0.3, 0.4) is 0 Å². The van der Waals surface area contributed by atoms with Gasteiger partial charge < -0.3 is 15.5 Å². The molecular weight excluding hydrogens is 268 g/mol. The summed E-state index contributed by atoms with van der Waals surface area (Å²) in [5.41, 5.74) is 1.10. The van der Waals surface area contributed by atoms with Crippen LogP contribution in [0.25, 0.3) is 0 Å². The van der Waals surface area contributed by atoms with Crippen molar-refractivity contribution in [2.75, 3.05) is 19.6 Å². The van der Waals surface area contributed by atoms with Crippen LogP contribution >= 0.6 is 0 Å². The second kappa shape index (κ2) is 7.61. The van der Waals surface area contributed by atoms with Gasteiger partial charge in [-0.05, 0) is 30.9 Å². The molecule has 2 heterocycles. The van der Waals surface area contributed by atoms with E-state index >= 15 is 0 Å². The van der Waals surface area contributed by atoms with Gasteiger partial charge in [-0.1, -0.05) is 6.07 Å². The monoisotopic (exact) mass is 290 g/mol. The fraction of sp³-hybridized carbons (Fsp3) is 0.533. The van der Waals surface area contributed by atoms with Crippen molar-refractivity contribution in [3.05, 3.63) is 30.1 Å². The lowest BCUT2D eigenvalue weighted by Crippen LogP contribution is -2.52. The molecule has 21 heavy (non-hydrogen) atoms. The first kappa shape index (κ1) is 15.3. The molecule has 6 heteroatoms. The third-order valence-corrected chi connectivity index (χ3v) is 3.53. The molecule has 3 amide bonds. The Morgan fingerprint density at radius 1 is 1.48 bits per heavy atom. The predicted octanol–water partition coefficient (Wildman–Crippen LogP) is 0.934. The number of aromatic nitrogens is 1. The molecule has 1 aliphatic rings. The van der Waals surface area contributed by atoms with E-state index in [0.29, 0.717) is 13.1 Å². The summed E-state index contributed by atoms with van der Waals surface area (Å²) in [6.07, 6.45) is 6.15. The molecular formula is C15H22N4O2. The minimum Gasteiger partial charge on any atom is -0.352 e. The lowest BCUT2D eigenvalue weighted by molar-refractivity contribution is -0.119. The smallest absolute Gasteiger partial charge is 0.317 e. The Labute approximate surface area is 124 Å². The normalized spacial score (nSPS) is 18.1. The molecule has 1 aromatic rings. The Bertz CT molecular complexity index is 478. The maximum atomic E-state index is 12.1. The molecule has 1 unspecified atom stereocenters. The molecule has 0 radical (unpaired) electrons. The van der Waals surface area contributed by atoms with Crippen molar-refractivity contribution < 1.29 is 9.59 Å². The van der Waals surface area contributed by atoms with Crippen molar-refractivity contribution in [1.29, 1.82) is 0 Å². The molecule has 1 fully saturated rings. The summed E-state index contributed by atoms with van der Waals surface area (Å²) >= 11 is 0. The first-order valence-corrected chi connectivity index (χ1v) is 7.34. The molecule has 0 spiro atoms. The van der Waals surface area contributed by atoms with Gasteiger partial charge in [0, 0.05) is 45.0 Å². The van der Waals surface area contributed by atoms with Gasteiger partial charge in [0.1, 0.15) is 0 Å². The second-order valence-electron chi connectivity index (χ2n) is 5.33. The Morgan fingerprint density at radius 3 is 3.05 bits per heavy atom. The molecule has 0 aliphatic carbocycles. The van der Waals surface area contributed by atoms with E-state index in [-0.39, 0.29) is 18.0 Å². The summed E-state index contributed by atoms with van der Waals surface area (Å²) in [6.45, 7) is 3.42. The molecule has 0 bridgehead atoms. The zero-order valence-electron chi connectivity index (χ0n) is 12.3. The minimum absolute atomic E-state index is 0.0427. The highest BCUT2D eigenvalue weighted by molar-refractivity contribution is 5.75. The van der Waals surface area contributed by atoms with E-state index in [2.05, 4.69) is 15.6 Å². The van der Waals surface area contributed by atoms with Crippen LogP contribution < -0.4 is 10.6 Å². The molecule has 0 aromatic carbocycles. The van der Waals surface area contributed by atoms with E-state index in [1.807, 2.05) is 12.1 Å². The minimum atomic E-state index is -0.0612.